The minimum atomic E-state index is -0.504. The number of amides is 1. The van der Waals surface area contributed by atoms with Gasteiger partial charge < -0.3 is 4.74 Å². The van der Waals surface area contributed by atoms with E-state index in [1.807, 2.05) is 48.5 Å². The Bertz CT molecular complexity index is 814. The number of carbonyl (C=O) groups excluding carboxylic acids is 1. The van der Waals surface area contributed by atoms with E-state index in [0.717, 1.165) is 19.9 Å². The third-order valence-electron chi connectivity index (χ3n) is 3.15. The lowest BCUT2D eigenvalue weighted by molar-refractivity contribution is 0.155. The minimum absolute atomic E-state index is 0.231. The maximum Gasteiger partial charge on any atom is 0.413 e. The molecule has 0 saturated heterocycles. The van der Waals surface area contributed by atoms with Crippen LogP contribution in [-0.4, -0.2) is 15.9 Å². The first-order valence-corrected chi connectivity index (χ1v) is 8.50. The van der Waals surface area contributed by atoms with E-state index in [0.29, 0.717) is 5.82 Å². The van der Waals surface area contributed by atoms with Gasteiger partial charge in [-0.2, -0.15) is 5.10 Å². The molecule has 3 aromatic rings. The highest BCUT2D eigenvalue weighted by Crippen LogP contribution is 2.31. The molecular formula is C16H14BrN3O2S. The van der Waals surface area contributed by atoms with Crippen molar-refractivity contribution in [3.63, 3.8) is 0 Å². The second kappa shape index (κ2) is 6.97. The van der Waals surface area contributed by atoms with E-state index < -0.39 is 6.09 Å². The third-order valence-corrected chi connectivity index (χ3v) is 4.79. The Kier molecular flexibility index (Phi) is 4.78. The summed E-state index contributed by atoms with van der Waals surface area (Å²) in [5.74, 6) is 0.586. The second-order valence-electron chi connectivity index (χ2n) is 4.83. The van der Waals surface area contributed by atoms with Crippen molar-refractivity contribution in [2.75, 3.05) is 5.32 Å². The molecule has 2 heterocycles. The monoisotopic (exact) mass is 391 g/mol. The zero-order valence-electron chi connectivity index (χ0n) is 12.3. The molecule has 5 nitrogen and oxygen atoms in total. The van der Waals surface area contributed by atoms with Crippen molar-refractivity contribution in [2.24, 2.45) is 7.05 Å². The van der Waals surface area contributed by atoms with Crippen LogP contribution in [0, 0.1) is 0 Å². The highest BCUT2D eigenvalue weighted by atomic mass is 79.9. The predicted molar refractivity (Wildman–Crippen MR) is 94.5 cm³/mol. The lowest BCUT2D eigenvalue weighted by atomic mass is 10.2. The van der Waals surface area contributed by atoms with E-state index in [1.165, 1.54) is 0 Å². The maximum absolute atomic E-state index is 11.9. The zero-order valence-corrected chi connectivity index (χ0v) is 14.7. The first-order chi connectivity index (χ1) is 11.1. The fourth-order valence-electron chi connectivity index (χ4n) is 2.02. The van der Waals surface area contributed by atoms with Crippen LogP contribution in [-0.2, 0) is 18.4 Å². The summed E-state index contributed by atoms with van der Waals surface area (Å²) in [6.45, 7) is 0.231. The van der Waals surface area contributed by atoms with Gasteiger partial charge >= 0.3 is 6.09 Å². The minimum Gasteiger partial charge on any atom is -0.444 e. The van der Waals surface area contributed by atoms with Crippen molar-refractivity contribution >= 4 is 39.2 Å². The van der Waals surface area contributed by atoms with E-state index in [1.54, 1.807) is 23.1 Å². The average molecular weight is 392 g/mol. The standard InChI is InChI=1S/C16H14BrN3O2S/c1-20-15(9-12(19-20)13-7-8-14(17)23-13)18-16(21)22-10-11-5-3-2-4-6-11/h2-9H,10H2,1H3,(H,18,21). The number of nitrogens with zero attached hydrogens (tertiary/aromatic N) is 2. The van der Waals surface area contributed by atoms with E-state index in [4.69, 9.17) is 4.74 Å². The molecule has 0 saturated carbocycles. The summed E-state index contributed by atoms with van der Waals surface area (Å²) in [6, 6.07) is 15.3. The second-order valence-corrected chi connectivity index (χ2v) is 7.29. The summed E-state index contributed by atoms with van der Waals surface area (Å²) in [5.41, 5.74) is 1.75. The van der Waals surface area contributed by atoms with E-state index in [2.05, 4.69) is 26.3 Å². The molecule has 0 spiro atoms. The van der Waals surface area contributed by atoms with Crippen LogP contribution >= 0.6 is 27.3 Å². The van der Waals surface area contributed by atoms with Crippen molar-refractivity contribution in [3.8, 4) is 10.6 Å². The van der Waals surface area contributed by atoms with Crippen molar-refractivity contribution < 1.29 is 9.53 Å². The number of nitrogens with one attached hydrogen (secondary N) is 1. The predicted octanol–water partition coefficient (Wildman–Crippen LogP) is 4.66. The number of halogens is 1. The van der Waals surface area contributed by atoms with Gasteiger partial charge in [0.2, 0.25) is 0 Å². The van der Waals surface area contributed by atoms with Crippen LogP contribution in [0.25, 0.3) is 10.6 Å². The fraction of sp³-hybridized carbons (Fsp3) is 0.125. The van der Waals surface area contributed by atoms with Crippen LogP contribution in [0.5, 0.6) is 0 Å². The molecule has 0 aliphatic heterocycles. The van der Waals surface area contributed by atoms with Gasteiger partial charge in [0.05, 0.1) is 8.66 Å². The summed E-state index contributed by atoms with van der Waals surface area (Å²) in [6.07, 6.45) is -0.504. The number of anilines is 1. The maximum atomic E-state index is 11.9. The number of thiophene rings is 1. The van der Waals surface area contributed by atoms with E-state index >= 15 is 0 Å². The van der Waals surface area contributed by atoms with Gasteiger partial charge in [-0.3, -0.25) is 10.00 Å². The van der Waals surface area contributed by atoms with Crippen LogP contribution in [0.2, 0.25) is 0 Å². The summed E-state index contributed by atoms with van der Waals surface area (Å²) >= 11 is 5.02. The molecule has 7 heteroatoms. The number of aryl methyl sites for hydroxylation is 1. The summed E-state index contributed by atoms with van der Waals surface area (Å²) in [4.78, 5) is 12.9. The van der Waals surface area contributed by atoms with Crippen molar-refractivity contribution in [2.45, 2.75) is 6.61 Å². The quantitative estimate of drug-likeness (QED) is 0.703. The number of hydrogen-bond donors (Lipinski definition) is 1. The molecule has 0 aliphatic rings. The number of hydrogen-bond acceptors (Lipinski definition) is 4. The molecule has 0 radical (unpaired) electrons. The van der Waals surface area contributed by atoms with Crippen LogP contribution in [0.3, 0.4) is 0 Å². The topological polar surface area (TPSA) is 56.2 Å². The molecule has 0 bridgehead atoms. The molecule has 0 fully saturated rings. The van der Waals surface area contributed by atoms with Crippen LogP contribution in [0.1, 0.15) is 5.56 Å². The molecule has 0 atom stereocenters. The van der Waals surface area contributed by atoms with Crippen LogP contribution in [0.15, 0.2) is 52.3 Å². The summed E-state index contributed by atoms with van der Waals surface area (Å²) in [5, 5.41) is 7.11. The Morgan fingerprint density at radius 3 is 2.78 bits per heavy atom. The van der Waals surface area contributed by atoms with Gasteiger partial charge in [0.15, 0.2) is 0 Å². The van der Waals surface area contributed by atoms with Crippen molar-refractivity contribution in [3.05, 3.63) is 57.9 Å². The molecule has 0 aliphatic carbocycles. The number of aromatic nitrogens is 2. The van der Waals surface area contributed by atoms with Crippen LogP contribution < -0.4 is 5.32 Å². The highest BCUT2D eigenvalue weighted by molar-refractivity contribution is 9.11. The van der Waals surface area contributed by atoms with E-state index in [9.17, 15) is 4.79 Å². The smallest absolute Gasteiger partial charge is 0.413 e. The van der Waals surface area contributed by atoms with Gasteiger partial charge in [-0.05, 0) is 33.6 Å². The molecular weight excluding hydrogens is 378 g/mol. The van der Waals surface area contributed by atoms with Gasteiger partial charge in [-0.1, -0.05) is 30.3 Å². The molecule has 0 unspecified atom stereocenters. The van der Waals surface area contributed by atoms with Gasteiger partial charge in [0.25, 0.3) is 0 Å². The Balaban J connectivity index is 1.63. The van der Waals surface area contributed by atoms with Crippen LogP contribution in [0.4, 0.5) is 10.6 Å². The van der Waals surface area contributed by atoms with Crippen molar-refractivity contribution in [1.82, 2.24) is 9.78 Å². The Morgan fingerprint density at radius 2 is 2.09 bits per heavy atom. The number of rotatable bonds is 4. The third kappa shape index (κ3) is 4.00. The lowest BCUT2D eigenvalue weighted by Crippen LogP contribution is -2.15. The Morgan fingerprint density at radius 1 is 1.30 bits per heavy atom. The summed E-state index contributed by atoms with van der Waals surface area (Å²) < 4.78 is 7.86. The van der Waals surface area contributed by atoms with Gasteiger partial charge in [-0.15, -0.1) is 11.3 Å². The Labute approximate surface area is 146 Å². The number of carbonyl (C=O) groups is 1. The number of benzene rings is 1. The number of ether oxygens (including phenoxy) is 1. The van der Waals surface area contributed by atoms with E-state index in [-0.39, 0.29) is 6.61 Å². The molecule has 23 heavy (non-hydrogen) atoms. The first-order valence-electron chi connectivity index (χ1n) is 6.89. The molecule has 118 valence electrons. The first kappa shape index (κ1) is 15.8. The lowest BCUT2D eigenvalue weighted by Gasteiger charge is -2.06. The molecule has 1 aromatic carbocycles. The van der Waals surface area contributed by atoms with Gasteiger partial charge in [0, 0.05) is 13.1 Å². The average Bonchev–Trinajstić information content (AvgIpc) is 3.13. The molecule has 3 rings (SSSR count). The highest BCUT2D eigenvalue weighted by Gasteiger charge is 2.12. The normalized spacial score (nSPS) is 10.5. The molecule has 1 N–H and O–H groups in total. The van der Waals surface area contributed by atoms with Gasteiger partial charge in [0.1, 0.15) is 18.1 Å². The Hall–Kier alpha value is -2.12. The van der Waals surface area contributed by atoms with Gasteiger partial charge in [-0.25, -0.2) is 4.79 Å². The molecule has 1 amide bonds. The largest absolute Gasteiger partial charge is 0.444 e. The summed E-state index contributed by atoms with van der Waals surface area (Å²) in [7, 11) is 1.78. The SMILES string of the molecule is Cn1nc(-c2ccc(Br)s2)cc1NC(=O)OCc1ccccc1. The van der Waals surface area contributed by atoms with Crippen molar-refractivity contribution in [1.29, 1.82) is 0 Å². The zero-order chi connectivity index (χ0) is 16.2. The molecule has 2 aromatic heterocycles. The fourth-order valence-corrected chi connectivity index (χ4v) is 3.36.